The predicted octanol–water partition coefficient (Wildman–Crippen LogP) is 16.0. The van der Waals surface area contributed by atoms with Crippen LogP contribution in [0.25, 0.3) is 0 Å². The lowest BCUT2D eigenvalue weighted by Crippen LogP contribution is -2.30. The van der Waals surface area contributed by atoms with Gasteiger partial charge in [-0.25, -0.2) is 0 Å². The summed E-state index contributed by atoms with van der Waals surface area (Å²) in [7, 11) is 0. The van der Waals surface area contributed by atoms with E-state index in [9.17, 15) is 14.4 Å². The summed E-state index contributed by atoms with van der Waals surface area (Å²) in [4.78, 5) is 37.7. The molecule has 0 aromatic rings. The van der Waals surface area contributed by atoms with Crippen LogP contribution in [0.2, 0.25) is 0 Å². The van der Waals surface area contributed by atoms with Gasteiger partial charge in [-0.3, -0.25) is 14.4 Å². The second kappa shape index (κ2) is 46.6. The Morgan fingerprint density at radius 3 is 1.05 bits per heavy atom. The molecule has 6 nitrogen and oxygen atoms in total. The van der Waals surface area contributed by atoms with Crippen molar-refractivity contribution in [3.63, 3.8) is 0 Å². The maximum atomic E-state index is 12.7. The van der Waals surface area contributed by atoms with Gasteiger partial charge in [0.2, 0.25) is 0 Å². The van der Waals surface area contributed by atoms with E-state index >= 15 is 0 Å². The van der Waals surface area contributed by atoms with Gasteiger partial charge in [-0.1, -0.05) is 225 Å². The van der Waals surface area contributed by atoms with Crippen LogP contribution < -0.4 is 0 Å². The van der Waals surface area contributed by atoms with E-state index in [4.69, 9.17) is 14.2 Å². The van der Waals surface area contributed by atoms with Crippen molar-refractivity contribution in [2.24, 2.45) is 0 Å². The van der Waals surface area contributed by atoms with Crippen LogP contribution in [0.1, 0.15) is 265 Å². The van der Waals surface area contributed by atoms with Crippen LogP contribution in [0.3, 0.4) is 0 Å². The first-order valence-electron chi connectivity index (χ1n) is 24.8. The van der Waals surface area contributed by atoms with Crippen LogP contribution in [0.5, 0.6) is 0 Å². The first-order valence-corrected chi connectivity index (χ1v) is 24.8. The van der Waals surface area contributed by atoms with E-state index in [1.54, 1.807) is 0 Å². The molecule has 0 saturated carbocycles. The molecule has 0 aromatic carbocycles. The SMILES string of the molecule is CC/C=C\C/C=C\CCCCC(=O)OCC(COC(=O)CCCCCCCCCCCCCCCCCCCCC)OC(=O)CCCCCCCCCCCCC. The quantitative estimate of drug-likeness (QED) is 0.0264. The summed E-state index contributed by atoms with van der Waals surface area (Å²) in [6.45, 7) is 6.50. The summed E-state index contributed by atoms with van der Waals surface area (Å²) in [6.07, 6.45) is 51.8. The minimum Gasteiger partial charge on any atom is -0.462 e. The van der Waals surface area contributed by atoms with Crippen LogP contribution in [0.15, 0.2) is 24.3 Å². The molecule has 1 unspecified atom stereocenters. The highest BCUT2D eigenvalue weighted by Crippen LogP contribution is 2.16. The smallest absolute Gasteiger partial charge is 0.306 e. The van der Waals surface area contributed by atoms with Gasteiger partial charge in [0.25, 0.3) is 0 Å². The monoisotopic (exact) mass is 803 g/mol. The van der Waals surface area contributed by atoms with E-state index in [0.717, 1.165) is 70.6 Å². The van der Waals surface area contributed by atoms with Crippen molar-refractivity contribution in [3.05, 3.63) is 24.3 Å². The van der Waals surface area contributed by atoms with Gasteiger partial charge in [0.15, 0.2) is 6.10 Å². The first-order chi connectivity index (χ1) is 28.0. The largest absolute Gasteiger partial charge is 0.462 e. The van der Waals surface area contributed by atoms with Crippen molar-refractivity contribution in [3.8, 4) is 0 Å². The van der Waals surface area contributed by atoms with Crippen molar-refractivity contribution in [2.45, 2.75) is 271 Å². The van der Waals surface area contributed by atoms with E-state index in [2.05, 4.69) is 45.1 Å². The molecule has 0 saturated heterocycles. The number of unbranched alkanes of at least 4 members (excludes halogenated alkanes) is 30. The molecule has 0 aliphatic rings. The number of hydrogen-bond acceptors (Lipinski definition) is 6. The lowest BCUT2D eigenvalue weighted by atomic mass is 10.0. The molecule has 334 valence electrons. The van der Waals surface area contributed by atoms with Gasteiger partial charge in [0.05, 0.1) is 0 Å². The van der Waals surface area contributed by atoms with Crippen molar-refractivity contribution in [1.82, 2.24) is 0 Å². The lowest BCUT2D eigenvalue weighted by molar-refractivity contribution is -0.167. The molecule has 57 heavy (non-hydrogen) atoms. The van der Waals surface area contributed by atoms with Crippen molar-refractivity contribution in [1.29, 1.82) is 0 Å². The van der Waals surface area contributed by atoms with Crippen LogP contribution in [-0.4, -0.2) is 37.2 Å². The fourth-order valence-electron chi connectivity index (χ4n) is 7.25. The number of esters is 3. The summed E-state index contributed by atoms with van der Waals surface area (Å²) in [5.41, 5.74) is 0. The number of rotatable bonds is 45. The molecule has 1 atom stereocenters. The molecule has 0 fully saturated rings. The normalized spacial score (nSPS) is 12.1. The maximum absolute atomic E-state index is 12.7. The fraction of sp³-hybridized carbons (Fsp3) is 0.863. The molecule has 0 aliphatic heterocycles. The van der Waals surface area contributed by atoms with E-state index in [1.807, 2.05) is 0 Å². The number of carbonyl (C=O) groups excluding carboxylic acids is 3. The van der Waals surface area contributed by atoms with Crippen molar-refractivity contribution < 1.29 is 28.6 Å². The molecule has 0 aromatic heterocycles. The third kappa shape index (κ3) is 44.8. The standard InChI is InChI=1S/C51H94O6/c1-4-7-10-13-16-19-21-22-23-24-25-26-27-28-30-32-35-38-41-44-50(53)56-47-48(46-55-49(52)43-40-37-34-31-18-15-12-9-6-3)57-51(54)45-42-39-36-33-29-20-17-14-11-8-5-2/h9,12,18,31,48H,4-8,10-11,13-17,19-30,32-47H2,1-3H3/b12-9-,31-18-. The molecule has 0 rings (SSSR count). The fourth-order valence-corrected chi connectivity index (χ4v) is 7.25. The molecule has 0 N–H and O–H groups in total. The Labute approximate surface area is 353 Å². The Hall–Kier alpha value is -2.11. The highest BCUT2D eigenvalue weighted by molar-refractivity contribution is 5.71. The summed E-state index contributed by atoms with van der Waals surface area (Å²) >= 11 is 0. The Morgan fingerprint density at radius 1 is 0.368 bits per heavy atom. The van der Waals surface area contributed by atoms with Gasteiger partial charge in [-0.05, 0) is 44.9 Å². The zero-order chi connectivity index (χ0) is 41.5. The van der Waals surface area contributed by atoms with Crippen LogP contribution in [0, 0.1) is 0 Å². The second-order valence-electron chi connectivity index (χ2n) is 16.7. The number of ether oxygens (including phenoxy) is 3. The minimum atomic E-state index is -0.776. The van der Waals surface area contributed by atoms with Crippen LogP contribution in [-0.2, 0) is 28.6 Å². The number of hydrogen-bond donors (Lipinski definition) is 0. The topological polar surface area (TPSA) is 78.9 Å². The van der Waals surface area contributed by atoms with Gasteiger partial charge in [0, 0.05) is 19.3 Å². The molecule has 0 spiro atoms. The summed E-state index contributed by atoms with van der Waals surface area (Å²) in [6, 6.07) is 0. The number of allylic oxidation sites excluding steroid dienone is 4. The van der Waals surface area contributed by atoms with Crippen molar-refractivity contribution in [2.75, 3.05) is 13.2 Å². The lowest BCUT2D eigenvalue weighted by Gasteiger charge is -2.18. The second-order valence-corrected chi connectivity index (χ2v) is 16.7. The van der Waals surface area contributed by atoms with E-state index in [1.165, 1.54) is 154 Å². The third-order valence-electron chi connectivity index (χ3n) is 11.0. The molecular formula is C51H94O6. The van der Waals surface area contributed by atoms with Gasteiger partial charge in [-0.15, -0.1) is 0 Å². The predicted molar refractivity (Wildman–Crippen MR) is 243 cm³/mol. The molecule has 0 radical (unpaired) electrons. The summed E-state index contributed by atoms with van der Waals surface area (Å²) < 4.78 is 16.7. The van der Waals surface area contributed by atoms with Gasteiger partial charge in [-0.2, -0.15) is 0 Å². The molecule has 0 bridgehead atoms. The maximum Gasteiger partial charge on any atom is 0.306 e. The van der Waals surface area contributed by atoms with E-state index in [0.29, 0.717) is 19.3 Å². The number of carbonyl (C=O) groups is 3. The van der Waals surface area contributed by atoms with E-state index in [-0.39, 0.29) is 31.1 Å². The molecular weight excluding hydrogens is 709 g/mol. The minimum absolute atomic E-state index is 0.0769. The summed E-state index contributed by atoms with van der Waals surface area (Å²) in [5.74, 6) is -0.906. The highest BCUT2D eigenvalue weighted by atomic mass is 16.6. The van der Waals surface area contributed by atoms with Gasteiger partial charge in [0.1, 0.15) is 13.2 Å². The Kier molecular flexibility index (Phi) is 44.9. The van der Waals surface area contributed by atoms with Crippen molar-refractivity contribution >= 4 is 17.9 Å². The highest BCUT2D eigenvalue weighted by Gasteiger charge is 2.19. The first kappa shape index (κ1) is 54.9. The zero-order valence-corrected chi connectivity index (χ0v) is 38.1. The summed E-state index contributed by atoms with van der Waals surface area (Å²) in [5, 5.41) is 0. The average molecular weight is 803 g/mol. The Morgan fingerprint density at radius 2 is 0.684 bits per heavy atom. The average Bonchev–Trinajstić information content (AvgIpc) is 3.21. The molecule has 0 amide bonds. The molecule has 0 aliphatic carbocycles. The Balaban J connectivity index is 4.23. The van der Waals surface area contributed by atoms with Gasteiger partial charge >= 0.3 is 17.9 Å². The zero-order valence-electron chi connectivity index (χ0n) is 38.1. The van der Waals surface area contributed by atoms with Crippen LogP contribution in [0.4, 0.5) is 0 Å². The Bertz CT molecular complexity index is 927. The van der Waals surface area contributed by atoms with Crippen LogP contribution >= 0.6 is 0 Å². The third-order valence-corrected chi connectivity index (χ3v) is 11.0. The molecule has 6 heteroatoms. The van der Waals surface area contributed by atoms with E-state index < -0.39 is 6.10 Å². The van der Waals surface area contributed by atoms with Gasteiger partial charge < -0.3 is 14.2 Å². The molecule has 0 heterocycles.